The molecule has 2 aromatic heterocycles. The summed E-state index contributed by atoms with van der Waals surface area (Å²) in [5.74, 6) is 8.10. The number of hydrazine groups is 1. The van der Waals surface area contributed by atoms with Gasteiger partial charge in [-0.25, -0.2) is 25.0 Å². The molecular weight excluding hydrogens is 1160 g/mol. The first-order valence-corrected chi connectivity index (χ1v) is 30.2. The number of para-hydroxylation sites is 1. The maximum Gasteiger partial charge on any atom is 0.355 e. The number of ether oxygens (including phenoxy) is 3. The lowest BCUT2D eigenvalue weighted by Gasteiger charge is -2.33. The molecule has 4 aromatic carbocycles. The van der Waals surface area contributed by atoms with E-state index in [-0.39, 0.29) is 80.3 Å². The van der Waals surface area contributed by atoms with Gasteiger partial charge in [0.1, 0.15) is 6.04 Å². The summed E-state index contributed by atoms with van der Waals surface area (Å²) >= 11 is 2.70. The van der Waals surface area contributed by atoms with Gasteiger partial charge in [-0.1, -0.05) is 53.5 Å². The topological polar surface area (TPSA) is 298 Å². The van der Waals surface area contributed by atoms with E-state index in [1.165, 1.54) is 45.9 Å². The van der Waals surface area contributed by atoms with Gasteiger partial charge >= 0.3 is 5.97 Å². The van der Waals surface area contributed by atoms with Crippen molar-refractivity contribution in [3.05, 3.63) is 141 Å². The number of aromatic nitrogens is 2. The van der Waals surface area contributed by atoms with Crippen LogP contribution in [0.3, 0.4) is 0 Å². The largest absolute Gasteiger partial charge is 0.491 e. The zero-order valence-corrected chi connectivity index (χ0v) is 49.2. The highest BCUT2D eigenvalue weighted by Gasteiger charge is 2.45. The van der Waals surface area contributed by atoms with Gasteiger partial charge in [0.05, 0.1) is 66.6 Å². The van der Waals surface area contributed by atoms with Crippen LogP contribution in [0.1, 0.15) is 95.2 Å². The van der Waals surface area contributed by atoms with Crippen molar-refractivity contribution in [1.29, 1.82) is 0 Å². The third-order valence-electron chi connectivity index (χ3n) is 15.0. The number of aromatic carboxylic acids is 1. The second-order valence-corrected chi connectivity index (χ2v) is 23.1. The van der Waals surface area contributed by atoms with Crippen molar-refractivity contribution in [2.45, 2.75) is 57.5 Å². The fraction of sp³-hybridized carbons (Fsp3) is 0.361. The Morgan fingerprint density at radius 1 is 0.897 bits per heavy atom. The molecule has 0 radical (unpaired) electrons. The number of carbonyl (C=O) groups excluding carboxylic acids is 6. The molecule has 10 rings (SSSR count). The molecule has 6 aromatic rings. The Hall–Kier alpha value is -8.84. The number of rotatable bonds is 25. The van der Waals surface area contributed by atoms with Crippen LogP contribution in [-0.2, 0) is 43.2 Å². The van der Waals surface area contributed by atoms with E-state index in [0.717, 1.165) is 26.2 Å². The van der Waals surface area contributed by atoms with Crippen molar-refractivity contribution in [1.82, 2.24) is 35.0 Å². The zero-order valence-electron chi connectivity index (χ0n) is 47.5. The van der Waals surface area contributed by atoms with Gasteiger partial charge in [-0.05, 0) is 91.8 Å². The van der Waals surface area contributed by atoms with E-state index in [9.17, 15) is 38.7 Å². The molecule has 23 nitrogen and oxygen atoms in total. The minimum absolute atomic E-state index is 0.0264. The number of nitrogens with two attached hydrogens (primary N) is 2. The van der Waals surface area contributed by atoms with Gasteiger partial charge in [0.15, 0.2) is 27.5 Å². The van der Waals surface area contributed by atoms with E-state index >= 15 is 4.39 Å². The van der Waals surface area contributed by atoms with Crippen molar-refractivity contribution < 1.29 is 57.3 Å². The van der Waals surface area contributed by atoms with E-state index < -0.39 is 41.5 Å². The molecule has 0 aliphatic carbocycles. The smallest absolute Gasteiger partial charge is 0.355 e. The standard InChI is InChI=1S/C61H65FN12O11S2/c62-44-34-38(17-19-48(44)85-30-7-15-50-54(59(81)82)68-61(87-50)72-25-21-39-9-3-10-41(43(39)36-72)55(77)69-60-66-45-12-1-2-14-49(45)86-60)8-5-23-70-26-28-71(29-27-70)52(76)16-6-24-73(64)35-40(63)37-84-33-32-83-31-22-65-46-13-4-11-42-53(46)58(80)74(57(42)79)47-18-20-51(75)67-56(47)78/h1-4,9-14,17,19,34-35,47,65H,6-7,15-16,18,20-33,36-37,63-64H2,(H,81,82)(H,66,69,77)(H,67,75,78)/b40-35-. The van der Waals surface area contributed by atoms with Crippen LogP contribution >= 0.6 is 22.7 Å². The minimum Gasteiger partial charge on any atom is -0.491 e. The number of carbonyl (C=O) groups is 7. The first-order chi connectivity index (χ1) is 42.2. The Morgan fingerprint density at radius 2 is 1.71 bits per heavy atom. The summed E-state index contributed by atoms with van der Waals surface area (Å²) in [5, 5.41) is 20.8. The maximum atomic E-state index is 15.2. The Balaban J connectivity index is 0.577. The number of carboxylic acids is 1. The minimum atomic E-state index is -1.14. The number of thiazole rings is 2. The molecule has 6 amide bonds. The SMILES string of the molecule is N/C(=C\N(N)CCCC(=O)N1CCN(CC#Cc2ccc(OCCCc3sc(N4CCc5cccc(C(=O)Nc6nc7ccccc7s6)c5C4)nc3C(=O)O)c(F)c2)CC1)COCCOCCNc1cccc2c1C(=O)N(C1CCC(=O)NC1=O)C2=O. The van der Waals surface area contributed by atoms with E-state index in [2.05, 4.69) is 42.7 Å². The molecular formula is C61H65FN12O11S2. The molecule has 1 atom stereocenters. The number of hydrogen-bond acceptors (Lipinski definition) is 20. The van der Waals surface area contributed by atoms with Gasteiger partial charge in [-0.15, -0.1) is 11.3 Å². The first-order valence-electron chi connectivity index (χ1n) is 28.6. The fourth-order valence-corrected chi connectivity index (χ4v) is 12.6. The Bertz CT molecular complexity index is 3650. The summed E-state index contributed by atoms with van der Waals surface area (Å²) in [6, 6.07) is 21.7. The number of nitrogens with one attached hydrogen (secondary N) is 3. The molecule has 6 heterocycles. The van der Waals surface area contributed by atoms with Crippen molar-refractivity contribution >= 4 is 90.3 Å². The molecule has 0 bridgehead atoms. The number of piperazine rings is 1. The number of halogens is 1. The second kappa shape index (κ2) is 28.6. The molecule has 1 unspecified atom stereocenters. The van der Waals surface area contributed by atoms with Crippen LogP contribution < -0.4 is 37.2 Å². The predicted octanol–water partition coefficient (Wildman–Crippen LogP) is 5.21. The highest BCUT2D eigenvalue weighted by molar-refractivity contribution is 7.22. The van der Waals surface area contributed by atoms with Crippen molar-refractivity contribution in [3.8, 4) is 17.6 Å². The molecule has 87 heavy (non-hydrogen) atoms. The zero-order chi connectivity index (χ0) is 61.0. The van der Waals surface area contributed by atoms with Gasteiger partial charge < -0.3 is 45.2 Å². The predicted molar refractivity (Wildman–Crippen MR) is 324 cm³/mol. The quantitative estimate of drug-likeness (QED) is 0.0141. The summed E-state index contributed by atoms with van der Waals surface area (Å²) in [7, 11) is 0. The first kappa shape index (κ1) is 61.3. The Labute approximate surface area is 508 Å². The molecule has 454 valence electrons. The van der Waals surface area contributed by atoms with Crippen LogP contribution in [0.4, 0.5) is 20.3 Å². The molecule has 4 aliphatic heterocycles. The highest BCUT2D eigenvalue weighted by atomic mass is 32.1. The average molecular weight is 1230 g/mol. The third-order valence-corrected chi connectivity index (χ3v) is 17.1. The number of nitrogens with zero attached hydrogens (tertiary/aromatic N) is 7. The number of carboxylic acid groups (broad SMARTS) is 1. The van der Waals surface area contributed by atoms with Crippen LogP contribution in [0.15, 0.2) is 90.8 Å². The van der Waals surface area contributed by atoms with Gasteiger partial charge in [-0.3, -0.25) is 49.2 Å². The summed E-state index contributed by atoms with van der Waals surface area (Å²) in [6.07, 6.45) is 3.91. The lowest BCUT2D eigenvalue weighted by Crippen LogP contribution is -2.54. The van der Waals surface area contributed by atoms with Crippen LogP contribution in [0.5, 0.6) is 5.75 Å². The van der Waals surface area contributed by atoms with Gasteiger partial charge in [0, 0.05) is 93.1 Å². The molecule has 26 heteroatoms. The van der Waals surface area contributed by atoms with E-state index in [4.69, 9.17) is 25.8 Å². The van der Waals surface area contributed by atoms with E-state index in [0.29, 0.717) is 129 Å². The average Bonchev–Trinajstić information content (AvgIpc) is 1.97. The number of anilines is 3. The van der Waals surface area contributed by atoms with Crippen LogP contribution in [-0.4, -0.2) is 168 Å². The third kappa shape index (κ3) is 15.2. The summed E-state index contributed by atoms with van der Waals surface area (Å²) < 4.78 is 33.2. The highest BCUT2D eigenvalue weighted by Crippen LogP contribution is 2.35. The normalized spacial score (nSPS) is 16.1. The summed E-state index contributed by atoms with van der Waals surface area (Å²) in [6.45, 7) is 5.52. The number of benzene rings is 4. The number of piperidine rings is 1. The molecule has 0 spiro atoms. The van der Waals surface area contributed by atoms with Gasteiger partial charge in [-0.2, -0.15) is 0 Å². The van der Waals surface area contributed by atoms with Crippen molar-refractivity contribution in [3.63, 3.8) is 0 Å². The summed E-state index contributed by atoms with van der Waals surface area (Å²) in [4.78, 5) is 106. The van der Waals surface area contributed by atoms with Crippen LogP contribution in [0, 0.1) is 17.7 Å². The molecule has 0 saturated carbocycles. The fourth-order valence-electron chi connectivity index (χ4n) is 10.6. The molecule has 4 aliphatic rings. The van der Waals surface area contributed by atoms with Crippen molar-refractivity contribution in [2.75, 3.05) is 101 Å². The lowest BCUT2D eigenvalue weighted by atomic mass is 9.94. The molecule has 8 N–H and O–H groups in total. The van der Waals surface area contributed by atoms with E-state index in [1.54, 1.807) is 30.5 Å². The second-order valence-electron chi connectivity index (χ2n) is 21.0. The summed E-state index contributed by atoms with van der Waals surface area (Å²) in [5.41, 5.74) is 11.0. The molecule has 2 fully saturated rings. The Kier molecular flexibility index (Phi) is 20.1. The number of hydrogen-bond donors (Lipinski definition) is 6. The number of imide groups is 2. The van der Waals surface area contributed by atoms with Crippen LogP contribution in [0.25, 0.3) is 10.2 Å². The molecule has 2 saturated heterocycles. The monoisotopic (exact) mass is 1220 g/mol. The van der Waals surface area contributed by atoms with Gasteiger partial charge in [0.25, 0.3) is 17.7 Å². The number of aryl methyl sites for hydroxylation is 1. The van der Waals surface area contributed by atoms with Gasteiger partial charge in [0.2, 0.25) is 17.7 Å². The van der Waals surface area contributed by atoms with E-state index in [1.807, 2.05) is 46.2 Å². The van der Waals surface area contributed by atoms with Crippen molar-refractivity contribution in [2.24, 2.45) is 11.6 Å². The number of fused-ring (bicyclic) bond motifs is 3. The maximum absolute atomic E-state index is 15.2. The number of amides is 6. The lowest BCUT2D eigenvalue weighted by molar-refractivity contribution is -0.136. The van der Waals surface area contributed by atoms with Crippen LogP contribution in [0.2, 0.25) is 0 Å². The Morgan fingerprint density at radius 3 is 2.52 bits per heavy atom.